The first-order valence-electron chi connectivity index (χ1n) is 10.8. The van der Waals surface area contributed by atoms with Crippen molar-refractivity contribution in [3.8, 4) is 10.7 Å². The van der Waals surface area contributed by atoms with Gasteiger partial charge in [0.1, 0.15) is 6.04 Å². The third kappa shape index (κ3) is 5.37. The standard InChI is InChI=1S/C21H31N5O2S2/c1-3-4-5-6-11-22-19(27)16-9-7-12-25(14-16)20(28)15(2)26-18(23-24-21(26)29)17-10-8-13-30-17/h8,10,13,15-16H,3-7,9,11-12,14H2,1-2H3,(H,22,27)(H,24,29). The van der Waals surface area contributed by atoms with Gasteiger partial charge in [-0.05, 0) is 49.9 Å². The number of H-pyrrole nitrogens is 1. The summed E-state index contributed by atoms with van der Waals surface area (Å²) in [6.07, 6.45) is 6.19. The van der Waals surface area contributed by atoms with E-state index in [1.54, 1.807) is 15.9 Å². The zero-order valence-electron chi connectivity index (χ0n) is 17.7. The van der Waals surface area contributed by atoms with Gasteiger partial charge in [0, 0.05) is 19.6 Å². The van der Waals surface area contributed by atoms with Crippen molar-refractivity contribution < 1.29 is 9.59 Å². The summed E-state index contributed by atoms with van der Waals surface area (Å²) in [4.78, 5) is 28.6. The fraction of sp³-hybridized carbons (Fsp3) is 0.619. The second-order valence-electron chi connectivity index (χ2n) is 7.85. The Hall–Kier alpha value is -2.00. The third-order valence-electron chi connectivity index (χ3n) is 5.62. The number of nitrogens with zero attached hydrogens (tertiary/aromatic N) is 3. The smallest absolute Gasteiger partial charge is 0.245 e. The van der Waals surface area contributed by atoms with Crippen molar-refractivity contribution in [2.45, 2.75) is 58.4 Å². The number of aromatic amines is 1. The molecule has 7 nitrogen and oxygen atoms in total. The molecule has 0 bridgehead atoms. The van der Waals surface area contributed by atoms with Gasteiger partial charge in [-0.3, -0.25) is 19.3 Å². The normalized spacial score (nSPS) is 17.7. The van der Waals surface area contributed by atoms with Crippen LogP contribution in [0.2, 0.25) is 0 Å². The van der Waals surface area contributed by atoms with Crippen LogP contribution in [0.5, 0.6) is 0 Å². The molecule has 2 aromatic heterocycles. The lowest BCUT2D eigenvalue weighted by Crippen LogP contribution is -2.47. The Morgan fingerprint density at radius 3 is 2.97 bits per heavy atom. The van der Waals surface area contributed by atoms with Gasteiger partial charge in [-0.25, -0.2) is 0 Å². The third-order valence-corrected chi connectivity index (χ3v) is 6.78. The quantitative estimate of drug-likeness (QED) is 0.445. The molecular weight excluding hydrogens is 418 g/mol. The van der Waals surface area contributed by atoms with Crippen LogP contribution < -0.4 is 5.32 Å². The first kappa shape index (κ1) is 22.7. The molecule has 1 fully saturated rings. The molecule has 1 saturated heterocycles. The number of rotatable bonds is 9. The summed E-state index contributed by atoms with van der Waals surface area (Å²) in [5, 5.41) is 12.2. The Bertz CT molecular complexity index is 890. The van der Waals surface area contributed by atoms with E-state index in [-0.39, 0.29) is 17.7 Å². The summed E-state index contributed by atoms with van der Waals surface area (Å²) >= 11 is 6.96. The number of piperidine rings is 1. The maximum Gasteiger partial charge on any atom is 0.245 e. The molecule has 164 valence electrons. The molecule has 3 rings (SSSR count). The van der Waals surface area contributed by atoms with Crippen LogP contribution in [0.25, 0.3) is 10.7 Å². The second-order valence-corrected chi connectivity index (χ2v) is 9.19. The van der Waals surface area contributed by atoms with Crippen molar-refractivity contribution in [1.29, 1.82) is 0 Å². The molecule has 0 radical (unpaired) electrons. The van der Waals surface area contributed by atoms with Crippen molar-refractivity contribution in [2.24, 2.45) is 5.92 Å². The highest BCUT2D eigenvalue weighted by molar-refractivity contribution is 7.71. The molecule has 2 aromatic rings. The van der Waals surface area contributed by atoms with Gasteiger partial charge >= 0.3 is 0 Å². The molecule has 2 amide bonds. The van der Waals surface area contributed by atoms with Crippen molar-refractivity contribution in [3.63, 3.8) is 0 Å². The second kappa shape index (κ2) is 10.9. The molecule has 1 aliphatic rings. The molecule has 30 heavy (non-hydrogen) atoms. The minimum Gasteiger partial charge on any atom is -0.356 e. The summed E-state index contributed by atoms with van der Waals surface area (Å²) in [7, 11) is 0. The summed E-state index contributed by atoms with van der Waals surface area (Å²) in [6, 6.07) is 3.43. The predicted molar refractivity (Wildman–Crippen MR) is 122 cm³/mol. The monoisotopic (exact) mass is 449 g/mol. The van der Waals surface area contributed by atoms with Crippen LogP contribution in [0, 0.1) is 10.7 Å². The number of thiophene rings is 1. The van der Waals surface area contributed by atoms with E-state index < -0.39 is 6.04 Å². The van der Waals surface area contributed by atoms with Crippen molar-refractivity contribution >= 4 is 35.4 Å². The summed E-state index contributed by atoms with van der Waals surface area (Å²) < 4.78 is 2.21. The lowest BCUT2D eigenvalue weighted by atomic mass is 9.96. The Morgan fingerprint density at radius 1 is 1.40 bits per heavy atom. The molecule has 1 aliphatic heterocycles. The Kier molecular flexibility index (Phi) is 8.21. The Balaban J connectivity index is 1.62. The average molecular weight is 450 g/mol. The number of nitrogens with one attached hydrogen (secondary N) is 2. The number of carbonyl (C=O) groups is 2. The van der Waals surface area contributed by atoms with E-state index in [2.05, 4.69) is 22.4 Å². The Labute approximate surface area is 186 Å². The fourth-order valence-electron chi connectivity index (χ4n) is 3.92. The van der Waals surface area contributed by atoms with Gasteiger partial charge in [-0.2, -0.15) is 5.10 Å². The molecule has 0 spiro atoms. The van der Waals surface area contributed by atoms with Crippen LogP contribution in [-0.2, 0) is 9.59 Å². The minimum absolute atomic E-state index is 0.0225. The molecule has 2 unspecified atom stereocenters. The van der Waals surface area contributed by atoms with Crippen LogP contribution >= 0.6 is 23.6 Å². The number of hydrogen-bond acceptors (Lipinski definition) is 5. The summed E-state index contributed by atoms with van der Waals surface area (Å²) in [6.45, 7) is 5.87. The van der Waals surface area contributed by atoms with Crippen LogP contribution in [0.1, 0.15) is 58.4 Å². The summed E-state index contributed by atoms with van der Waals surface area (Å²) in [5.41, 5.74) is 0. The molecule has 0 aromatic carbocycles. The van der Waals surface area contributed by atoms with E-state index in [9.17, 15) is 9.59 Å². The topological polar surface area (TPSA) is 83.0 Å². The summed E-state index contributed by atoms with van der Waals surface area (Å²) in [5.74, 6) is 0.575. The van der Waals surface area contributed by atoms with Crippen molar-refractivity contribution in [3.05, 3.63) is 22.3 Å². The van der Waals surface area contributed by atoms with Gasteiger partial charge in [0.2, 0.25) is 11.8 Å². The fourth-order valence-corrected chi connectivity index (χ4v) is 4.92. The number of aromatic nitrogens is 3. The molecule has 3 heterocycles. The number of likely N-dealkylation sites (tertiary alicyclic amines) is 1. The van der Waals surface area contributed by atoms with E-state index in [0.717, 1.165) is 30.6 Å². The maximum absolute atomic E-state index is 13.3. The average Bonchev–Trinajstić information content (AvgIpc) is 3.42. The number of amides is 2. The van der Waals surface area contributed by atoms with Gasteiger partial charge in [-0.15, -0.1) is 11.3 Å². The zero-order chi connectivity index (χ0) is 21.5. The van der Waals surface area contributed by atoms with Gasteiger partial charge in [0.25, 0.3) is 0 Å². The Morgan fingerprint density at radius 2 is 2.23 bits per heavy atom. The molecular formula is C21H31N5O2S2. The molecule has 9 heteroatoms. The van der Waals surface area contributed by atoms with Crippen LogP contribution in [-0.4, -0.2) is 51.1 Å². The molecule has 2 atom stereocenters. The van der Waals surface area contributed by atoms with Crippen LogP contribution in [0.3, 0.4) is 0 Å². The number of hydrogen-bond donors (Lipinski definition) is 2. The number of carbonyl (C=O) groups excluding carboxylic acids is 2. The maximum atomic E-state index is 13.3. The van der Waals surface area contributed by atoms with E-state index >= 15 is 0 Å². The SMILES string of the molecule is CCCCCCNC(=O)C1CCCN(C(=O)C(C)n2c(-c3cccs3)n[nH]c2=S)C1. The minimum atomic E-state index is -0.482. The predicted octanol–water partition coefficient (Wildman–Crippen LogP) is 4.17. The van der Waals surface area contributed by atoms with E-state index in [0.29, 0.717) is 30.2 Å². The van der Waals surface area contributed by atoms with E-state index in [1.807, 2.05) is 29.3 Å². The zero-order valence-corrected chi connectivity index (χ0v) is 19.4. The van der Waals surface area contributed by atoms with Crippen LogP contribution in [0.4, 0.5) is 0 Å². The van der Waals surface area contributed by atoms with Gasteiger partial charge in [0.15, 0.2) is 10.6 Å². The first-order chi connectivity index (χ1) is 14.5. The van der Waals surface area contributed by atoms with Crippen molar-refractivity contribution in [2.75, 3.05) is 19.6 Å². The molecule has 0 aliphatic carbocycles. The van der Waals surface area contributed by atoms with E-state index in [1.165, 1.54) is 12.8 Å². The lowest BCUT2D eigenvalue weighted by molar-refractivity contribution is -0.138. The highest BCUT2D eigenvalue weighted by Crippen LogP contribution is 2.27. The van der Waals surface area contributed by atoms with Gasteiger partial charge in [0.05, 0.1) is 10.8 Å². The lowest BCUT2D eigenvalue weighted by Gasteiger charge is -2.34. The largest absolute Gasteiger partial charge is 0.356 e. The van der Waals surface area contributed by atoms with Gasteiger partial charge < -0.3 is 10.2 Å². The van der Waals surface area contributed by atoms with Crippen LogP contribution in [0.15, 0.2) is 17.5 Å². The molecule has 2 N–H and O–H groups in total. The highest BCUT2D eigenvalue weighted by Gasteiger charge is 2.32. The highest BCUT2D eigenvalue weighted by atomic mass is 32.1. The van der Waals surface area contributed by atoms with Gasteiger partial charge in [-0.1, -0.05) is 32.3 Å². The number of unbranched alkanes of at least 4 members (excludes halogenated alkanes) is 3. The van der Waals surface area contributed by atoms with Crippen molar-refractivity contribution in [1.82, 2.24) is 25.0 Å². The molecule has 0 saturated carbocycles. The first-order valence-corrected chi connectivity index (χ1v) is 12.1. The van der Waals surface area contributed by atoms with E-state index in [4.69, 9.17) is 12.2 Å².